The lowest BCUT2D eigenvalue weighted by atomic mass is 9.40. The maximum absolute atomic E-state index is 12.7. The van der Waals surface area contributed by atoms with Gasteiger partial charge in [-0.3, -0.25) is 4.79 Å². The van der Waals surface area contributed by atoms with Crippen LogP contribution in [0.1, 0.15) is 58.8 Å². The molecule has 0 saturated heterocycles. The lowest BCUT2D eigenvalue weighted by Crippen LogP contribution is -2.65. The number of fused-ring (bicyclic) bond motifs is 3. The van der Waals surface area contributed by atoms with Gasteiger partial charge in [-0.05, 0) is 74.2 Å². The molecule has 4 heteroatoms. The molecule has 4 fully saturated rings. The summed E-state index contributed by atoms with van der Waals surface area (Å²) in [4.78, 5) is 12.7. The molecule has 8 atom stereocenters. The molecule has 1 spiro atoms. The molecular formula is C21H32O4. The van der Waals surface area contributed by atoms with Gasteiger partial charge in [0.15, 0.2) is 0 Å². The molecule has 0 amide bonds. The van der Waals surface area contributed by atoms with Crippen LogP contribution in [0.2, 0.25) is 0 Å². The first kappa shape index (κ1) is 17.5. The van der Waals surface area contributed by atoms with Crippen molar-refractivity contribution in [2.45, 2.75) is 71.0 Å². The third-order valence-corrected chi connectivity index (χ3v) is 8.94. The fourth-order valence-electron chi connectivity index (χ4n) is 7.77. The SMILES string of the molecule is C=C1[C@H]2CC[C@H]3[C@]4(C)CCC[C@@](C)(C(=O)OC)[C@H]4C[C@H](O)[C@]3(C2)[C@H]1O. The van der Waals surface area contributed by atoms with Gasteiger partial charge in [-0.25, -0.2) is 0 Å². The first-order valence-electron chi connectivity index (χ1n) is 9.85. The molecule has 0 aromatic carbocycles. The van der Waals surface area contributed by atoms with Crippen molar-refractivity contribution in [2.75, 3.05) is 7.11 Å². The minimum absolute atomic E-state index is 0.0447. The van der Waals surface area contributed by atoms with Crippen LogP contribution in [0.15, 0.2) is 12.2 Å². The van der Waals surface area contributed by atoms with Crippen LogP contribution in [-0.2, 0) is 9.53 Å². The zero-order valence-electron chi connectivity index (χ0n) is 15.8. The number of ether oxygens (including phenoxy) is 1. The van der Waals surface area contributed by atoms with Crippen LogP contribution in [0.4, 0.5) is 0 Å². The van der Waals surface area contributed by atoms with Crippen LogP contribution < -0.4 is 0 Å². The molecule has 0 aliphatic heterocycles. The Bertz CT molecular complexity index is 615. The van der Waals surface area contributed by atoms with Crippen molar-refractivity contribution in [3.8, 4) is 0 Å². The number of hydrogen-bond acceptors (Lipinski definition) is 4. The zero-order chi connectivity index (χ0) is 18.2. The molecule has 2 N–H and O–H groups in total. The van der Waals surface area contributed by atoms with E-state index in [1.165, 1.54) is 7.11 Å². The van der Waals surface area contributed by atoms with E-state index in [-0.39, 0.29) is 23.2 Å². The predicted octanol–water partition coefficient (Wildman–Crippen LogP) is 3.07. The highest BCUT2D eigenvalue weighted by molar-refractivity contribution is 5.77. The Labute approximate surface area is 150 Å². The minimum Gasteiger partial charge on any atom is -0.469 e. The van der Waals surface area contributed by atoms with E-state index in [9.17, 15) is 15.0 Å². The smallest absolute Gasteiger partial charge is 0.311 e. The molecule has 0 aromatic rings. The molecule has 4 nitrogen and oxygen atoms in total. The fraction of sp³-hybridized carbons (Fsp3) is 0.857. The van der Waals surface area contributed by atoms with Gasteiger partial charge in [0.2, 0.25) is 0 Å². The summed E-state index contributed by atoms with van der Waals surface area (Å²) in [5, 5.41) is 22.3. The van der Waals surface area contributed by atoms with Gasteiger partial charge in [0.05, 0.1) is 24.7 Å². The van der Waals surface area contributed by atoms with Crippen molar-refractivity contribution >= 4 is 5.97 Å². The van der Waals surface area contributed by atoms with E-state index in [4.69, 9.17) is 4.74 Å². The standard InChI is InChI=1S/C21H32O4/c1-12-13-6-7-14-19(2)8-5-9-20(3,18(24)25-4)15(19)10-16(22)21(14,11-13)17(12)23/h13-17,22-23H,1,5-11H2,2-4H3/t13-,14-,15-,16-,17-,19-,20+,21+/m0/s1. The van der Waals surface area contributed by atoms with Crippen molar-refractivity contribution in [3.63, 3.8) is 0 Å². The van der Waals surface area contributed by atoms with Crippen molar-refractivity contribution in [2.24, 2.45) is 34.0 Å². The molecule has 4 aliphatic rings. The molecule has 140 valence electrons. The van der Waals surface area contributed by atoms with Crippen LogP contribution in [0.5, 0.6) is 0 Å². The van der Waals surface area contributed by atoms with E-state index in [1.54, 1.807) is 0 Å². The second kappa shape index (κ2) is 5.32. The lowest BCUT2D eigenvalue weighted by molar-refractivity contribution is -0.226. The minimum atomic E-state index is -0.607. The van der Waals surface area contributed by atoms with Crippen LogP contribution in [0.25, 0.3) is 0 Å². The summed E-state index contributed by atoms with van der Waals surface area (Å²) in [5.74, 6) is 0.543. The molecule has 25 heavy (non-hydrogen) atoms. The van der Waals surface area contributed by atoms with E-state index in [0.29, 0.717) is 12.3 Å². The Morgan fingerprint density at radius 2 is 1.92 bits per heavy atom. The van der Waals surface area contributed by atoms with Crippen molar-refractivity contribution < 1.29 is 19.7 Å². The molecule has 0 radical (unpaired) electrons. The quantitative estimate of drug-likeness (QED) is 0.564. The molecular weight excluding hydrogens is 316 g/mol. The number of esters is 1. The van der Waals surface area contributed by atoms with Gasteiger partial charge in [-0.2, -0.15) is 0 Å². The van der Waals surface area contributed by atoms with Crippen LogP contribution in [0.3, 0.4) is 0 Å². The van der Waals surface area contributed by atoms with Crippen molar-refractivity contribution in [1.29, 1.82) is 0 Å². The number of methoxy groups -OCH3 is 1. The third kappa shape index (κ3) is 1.93. The van der Waals surface area contributed by atoms with Gasteiger partial charge >= 0.3 is 5.97 Å². The number of carbonyl (C=O) groups is 1. The van der Waals surface area contributed by atoms with E-state index in [0.717, 1.165) is 44.1 Å². The fourth-order valence-corrected chi connectivity index (χ4v) is 7.77. The third-order valence-electron chi connectivity index (χ3n) is 8.94. The Kier molecular flexibility index (Phi) is 3.73. The second-order valence-electron chi connectivity index (χ2n) is 9.69. The average molecular weight is 348 g/mol. The van der Waals surface area contributed by atoms with E-state index in [2.05, 4.69) is 13.5 Å². The Balaban J connectivity index is 1.81. The maximum Gasteiger partial charge on any atom is 0.311 e. The van der Waals surface area contributed by atoms with Gasteiger partial charge in [0.25, 0.3) is 0 Å². The van der Waals surface area contributed by atoms with E-state index < -0.39 is 23.0 Å². The molecule has 4 saturated carbocycles. The highest BCUT2D eigenvalue weighted by Crippen LogP contribution is 2.72. The molecule has 2 bridgehead atoms. The first-order chi connectivity index (χ1) is 11.7. The highest BCUT2D eigenvalue weighted by Gasteiger charge is 2.70. The van der Waals surface area contributed by atoms with Crippen molar-refractivity contribution in [1.82, 2.24) is 0 Å². The second-order valence-corrected chi connectivity index (χ2v) is 9.69. The molecule has 4 rings (SSSR count). The largest absolute Gasteiger partial charge is 0.469 e. The average Bonchev–Trinajstić information content (AvgIpc) is 2.78. The maximum atomic E-state index is 12.7. The van der Waals surface area contributed by atoms with Gasteiger partial charge in [0.1, 0.15) is 0 Å². The van der Waals surface area contributed by atoms with E-state index >= 15 is 0 Å². The van der Waals surface area contributed by atoms with Crippen LogP contribution in [-0.4, -0.2) is 35.5 Å². The summed E-state index contributed by atoms with van der Waals surface area (Å²) in [6.45, 7) is 8.50. The number of hydrogen-bond donors (Lipinski definition) is 2. The van der Waals surface area contributed by atoms with Gasteiger partial charge in [-0.1, -0.05) is 19.9 Å². The van der Waals surface area contributed by atoms with Gasteiger partial charge in [0, 0.05) is 5.41 Å². The van der Waals surface area contributed by atoms with Crippen molar-refractivity contribution in [3.05, 3.63) is 12.2 Å². The Hall–Kier alpha value is -0.870. The highest BCUT2D eigenvalue weighted by atomic mass is 16.5. The van der Waals surface area contributed by atoms with Gasteiger partial charge < -0.3 is 14.9 Å². The topological polar surface area (TPSA) is 66.8 Å². The summed E-state index contributed by atoms with van der Waals surface area (Å²) in [6, 6.07) is 0. The molecule has 0 heterocycles. The normalized spacial score (nSPS) is 54.6. The summed E-state index contributed by atoms with van der Waals surface area (Å²) in [6.07, 6.45) is 5.21. The monoisotopic (exact) mass is 348 g/mol. The number of carbonyl (C=O) groups excluding carboxylic acids is 1. The number of aliphatic hydroxyl groups is 2. The predicted molar refractivity (Wildman–Crippen MR) is 94.6 cm³/mol. The number of aliphatic hydroxyl groups excluding tert-OH is 2. The molecule has 0 unspecified atom stereocenters. The van der Waals surface area contributed by atoms with Crippen LogP contribution in [0, 0.1) is 34.0 Å². The Morgan fingerprint density at radius 3 is 2.60 bits per heavy atom. The summed E-state index contributed by atoms with van der Waals surface area (Å²) < 4.78 is 5.17. The summed E-state index contributed by atoms with van der Waals surface area (Å²) >= 11 is 0. The lowest BCUT2D eigenvalue weighted by Gasteiger charge is -2.65. The van der Waals surface area contributed by atoms with E-state index in [1.807, 2.05) is 6.92 Å². The molecule has 0 aromatic heterocycles. The summed E-state index contributed by atoms with van der Waals surface area (Å²) in [7, 11) is 1.47. The number of rotatable bonds is 1. The molecule has 4 aliphatic carbocycles. The Morgan fingerprint density at radius 1 is 1.20 bits per heavy atom. The van der Waals surface area contributed by atoms with Gasteiger partial charge in [-0.15, -0.1) is 0 Å². The summed E-state index contributed by atoms with van der Waals surface area (Å²) in [5.41, 5.74) is -0.117. The first-order valence-corrected chi connectivity index (χ1v) is 9.85. The zero-order valence-corrected chi connectivity index (χ0v) is 15.8. The van der Waals surface area contributed by atoms with Crippen LogP contribution >= 0.6 is 0 Å².